The number of hydrogen-bond donors (Lipinski definition) is 1. The summed E-state index contributed by atoms with van der Waals surface area (Å²) in [6.45, 7) is 2.87. The number of para-hydroxylation sites is 1. The number of H-pyrrole nitrogens is 1. The molecule has 2 heterocycles. The maximum Gasteiger partial charge on any atom is 0.111 e. The summed E-state index contributed by atoms with van der Waals surface area (Å²) >= 11 is 6.20. The molecule has 0 saturated heterocycles. The molecule has 1 N–H and O–H groups in total. The van der Waals surface area contributed by atoms with E-state index in [1.54, 1.807) is 0 Å². The maximum absolute atomic E-state index is 6.20. The van der Waals surface area contributed by atoms with Gasteiger partial charge in [-0.3, -0.25) is 10.00 Å². The minimum Gasteiger partial charge on any atom is -0.294 e. The van der Waals surface area contributed by atoms with Crippen LogP contribution in [0.2, 0.25) is 5.02 Å². The van der Waals surface area contributed by atoms with Crippen LogP contribution in [0.4, 0.5) is 0 Å². The van der Waals surface area contributed by atoms with Gasteiger partial charge < -0.3 is 0 Å². The van der Waals surface area contributed by atoms with Gasteiger partial charge >= 0.3 is 0 Å². The molecule has 4 heteroatoms. The first-order valence-corrected chi connectivity index (χ1v) is 8.93. The third-order valence-electron chi connectivity index (χ3n) is 4.61. The highest BCUT2D eigenvalue weighted by Crippen LogP contribution is 2.25. The Morgan fingerprint density at radius 2 is 1.96 bits per heavy atom. The van der Waals surface area contributed by atoms with Crippen molar-refractivity contribution in [3.63, 3.8) is 0 Å². The quantitative estimate of drug-likeness (QED) is 0.713. The zero-order chi connectivity index (χ0) is 17.1. The summed E-state index contributed by atoms with van der Waals surface area (Å²) in [5, 5.41) is 9.32. The van der Waals surface area contributed by atoms with Crippen LogP contribution in [-0.4, -0.2) is 28.2 Å². The first-order valence-electron chi connectivity index (χ1n) is 8.55. The molecule has 0 radical (unpaired) electrons. The van der Waals surface area contributed by atoms with Gasteiger partial charge in [-0.2, -0.15) is 5.10 Å². The fourth-order valence-electron chi connectivity index (χ4n) is 3.19. The molecule has 0 amide bonds. The minimum absolute atomic E-state index is 0.701. The first-order chi connectivity index (χ1) is 12.3. The molecule has 3 nitrogen and oxygen atoms in total. The molecular weight excluding hydrogens is 330 g/mol. The summed E-state index contributed by atoms with van der Waals surface area (Å²) in [5.74, 6) is 0. The zero-order valence-electron chi connectivity index (χ0n) is 14.0. The van der Waals surface area contributed by atoms with Crippen molar-refractivity contribution in [3.05, 3.63) is 82.5 Å². The van der Waals surface area contributed by atoms with E-state index in [0.717, 1.165) is 42.7 Å². The van der Waals surface area contributed by atoms with Gasteiger partial charge in [0.05, 0.1) is 10.7 Å². The molecule has 126 valence electrons. The average Bonchev–Trinajstić information content (AvgIpc) is 3.06. The topological polar surface area (TPSA) is 31.9 Å². The van der Waals surface area contributed by atoms with Crippen LogP contribution < -0.4 is 0 Å². The summed E-state index contributed by atoms with van der Waals surface area (Å²) in [7, 11) is 0. The lowest BCUT2D eigenvalue weighted by Crippen LogP contribution is -2.28. The van der Waals surface area contributed by atoms with Crippen LogP contribution in [0.15, 0.2) is 66.3 Å². The van der Waals surface area contributed by atoms with Crippen molar-refractivity contribution in [1.29, 1.82) is 0 Å². The van der Waals surface area contributed by atoms with Crippen LogP contribution in [-0.2, 0) is 6.54 Å². The fourth-order valence-corrected chi connectivity index (χ4v) is 3.41. The molecule has 0 fully saturated rings. The predicted octanol–water partition coefficient (Wildman–Crippen LogP) is 5.06. The Balaban J connectivity index is 1.42. The summed E-state index contributed by atoms with van der Waals surface area (Å²) in [4.78, 5) is 2.42. The van der Waals surface area contributed by atoms with E-state index in [9.17, 15) is 0 Å². The number of aromatic nitrogens is 2. The average molecular weight is 350 g/mol. The highest BCUT2D eigenvalue weighted by Gasteiger charge is 2.14. The Hall–Kier alpha value is -2.36. The Labute approximate surface area is 152 Å². The van der Waals surface area contributed by atoms with Crippen LogP contribution >= 0.6 is 11.6 Å². The van der Waals surface area contributed by atoms with Gasteiger partial charge in [-0.15, -0.1) is 0 Å². The molecular formula is C21H20ClN3. The van der Waals surface area contributed by atoms with Crippen molar-refractivity contribution in [3.8, 4) is 0 Å². The standard InChI is InChI=1S/C21H20ClN3/c22-19-8-4-7-18-20(23-24-21(18)19)15-25-13-11-17(12-14-25)10-9-16-5-2-1-3-6-16/h1-11H,12-15H2,(H,23,24). The first kappa shape index (κ1) is 16.1. The van der Waals surface area contributed by atoms with Gasteiger partial charge in [0.2, 0.25) is 0 Å². The number of nitrogens with one attached hydrogen (secondary N) is 1. The number of rotatable bonds is 4. The molecule has 0 bridgehead atoms. The maximum atomic E-state index is 6.20. The van der Waals surface area contributed by atoms with Gasteiger partial charge in [-0.1, -0.05) is 72.3 Å². The van der Waals surface area contributed by atoms with Gasteiger partial charge in [0.25, 0.3) is 0 Å². The number of allylic oxidation sites excluding steroid dienone is 1. The Morgan fingerprint density at radius 1 is 1.08 bits per heavy atom. The molecule has 0 unspecified atom stereocenters. The SMILES string of the molecule is Clc1cccc2c(CN3CC=C(C=Cc4ccccc4)CC3)[nH]nc12. The third-order valence-corrected chi connectivity index (χ3v) is 4.92. The molecule has 25 heavy (non-hydrogen) atoms. The molecule has 1 aromatic heterocycles. The second-order valence-electron chi connectivity index (χ2n) is 6.35. The van der Waals surface area contributed by atoms with Crippen molar-refractivity contribution in [2.75, 3.05) is 13.1 Å². The Morgan fingerprint density at radius 3 is 2.76 bits per heavy atom. The van der Waals surface area contributed by atoms with E-state index < -0.39 is 0 Å². The van der Waals surface area contributed by atoms with Gasteiger partial charge in [0.15, 0.2) is 0 Å². The monoisotopic (exact) mass is 349 g/mol. The van der Waals surface area contributed by atoms with Crippen LogP contribution in [0.5, 0.6) is 0 Å². The molecule has 0 saturated carbocycles. The van der Waals surface area contributed by atoms with Gasteiger partial charge in [0, 0.05) is 25.0 Å². The predicted molar refractivity (Wildman–Crippen MR) is 105 cm³/mol. The number of halogens is 1. The second-order valence-corrected chi connectivity index (χ2v) is 6.75. The molecule has 2 aromatic carbocycles. The van der Waals surface area contributed by atoms with Crippen LogP contribution in [0, 0.1) is 0 Å². The van der Waals surface area contributed by atoms with Crippen LogP contribution in [0.25, 0.3) is 17.0 Å². The molecule has 1 aliphatic heterocycles. The van der Waals surface area contributed by atoms with E-state index >= 15 is 0 Å². The summed E-state index contributed by atoms with van der Waals surface area (Å²) in [6, 6.07) is 16.4. The van der Waals surface area contributed by atoms with E-state index in [1.807, 2.05) is 18.2 Å². The summed E-state index contributed by atoms with van der Waals surface area (Å²) in [6.07, 6.45) is 7.80. The number of benzene rings is 2. The smallest absolute Gasteiger partial charge is 0.111 e. The van der Waals surface area contributed by atoms with E-state index in [1.165, 1.54) is 11.1 Å². The largest absolute Gasteiger partial charge is 0.294 e. The number of fused-ring (bicyclic) bond motifs is 1. The van der Waals surface area contributed by atoms with Crippen molar-refractivity contribution in [2.45, 2.75) is 13.0 Å². The normalized spacial score (nSPS) is 15.8. The lowest BCUT2D eigenvalue weighted by atomic mass is 10.1. The number of nitrogens with zero attached hydrogens (tertiary/aromatic N) is 2. The van der Waals surface area contributed by atoms with Gasteiger partial charge in [0.1, 0.15) is 5.52 Å². The fraction of sp³-hybridized carbons (Fsp3) is 0.190. The summed E-state index contributed by atoms with van der Waals surface area (Å²) < 4.78 is 0. The van der Waals surface area contributed by atoms with Gasteiger partial charge in [-0.25, -0.2) is 0 Å². The van der Waals surface area contributed by atoms with E-state index in [0.29, 0.717) is 5.02 Å². The molecule has 3 aromatic rings. The van der Waals surface area contributed by atoms with Crippen LogP contribution in [0.1, 0.15) is 17.7 Å². The van der Waals surface area contributed by atoms with Crippen molar-refractivity contribution in [2.24, 2.45) is 0 Å². The summed E-state index contributed by atoms with van der Waals surface area (Å²) in [5.41, 5.74) is 4.64. The molecule has 0 atom stereocenters. The van der Waals surface area contributed by atoms with Crippen molar-refractivity contribution < 1.29 is 0 Å². The third kappa shape index (κ3) is 3.68. The van der Waals surface area contributed by atoms with E-state index in [2.05, 4.69) is 63.7 Å². The lowest BCUT2D eigenvalue weighted by Gasteiger charge is -2.24. The Bertz CT molecular complexity index is 925. The number of aromatic amines is 1. The second kappa shape index (κ2) is 7.26. The Kier molecular flexibility index (Phi) is 4.68. The van der Waals surface area contributed by atoms with E-state index in [-0.39, 0.29) is 0 Å². The van der Waals surface area contributed by atoms with Crippen molar-refractivity contribution >= 4 is 28.6 Å². The lowest BCUT2D eigenvalue weighted by molar-refractivity contribution is 0.285. The molecule has 0 aliphatic carbocycles. The zero-order valence-corrected chi connectivity index (χ0v) is 14.7. The van der Waals surface area contributed by atoms with Gasteiger partial charge in [-0.05, 0) is 23.6 Å². The highest BCUT2D eigenvalue weighted by atomic mass is 35.5. The molecule has 4 rings (SSSR count). The van der Waals surface area contributed by atoms with E-state index in [4.69, 9.17) is 11.6 Å². The molecule has 1 aliphatic rings. The van der Waals surface area contributed by atoms with Crippen LogP contribution in [0.3, 0.4) is 0 Å². The highest BCUT2D eigenvalue weighted by molar-refractivity contribution is 6.35. The number of hydrogen-bond acceptors (Lipinski definition) is 2. The van der Waals surface area contributed by atoms with Crippen molar-refractivity contribution in [1.82, 2.24) is 15.1 Å². The minimum atomic E-state index is 0.701. The molecule has 0 spiro atoms.